The van der Waals surface area contributed by atoms with E-state index in [9.17, 15) is 8.42 Å². The van der Waals surface area contributed by atoms with Gasteiger partial charge in [-0.05, 0) is 58.5 Å². The molecule has 2 aromatic carbocycles. The van der Waals surface area contributed by atoms with Gasteiger partial charge in [0.05, 0.1) is 10.6 Å². The fourth-order valence-electron chi connectivity index (χ4n) is 1.64. The van der Waals surface area contributed by atoms with Gasteiger partial charge in [0.2, 0.25) is 0 Å². The number of halogens is 3. The van der Waals surface area contributed by atoms with Crippen molar-refractivity contribution in [2.24, 2.45) is 5.73 Å². The second kappa shape index (κ2) is 6.70. The van der Waals surface area contributed by atoms with Gasteiger partial charge in [-0.3, -0.25) is 4.72 Å². The maximum absolute atomic E-state index is 12.4. The summed E-state index contributed by atoms with van der Waals surface area (Å²) in [4.78, 5) is 0.0791. The lowest BCUT2D eigenvalue weighted by molar-refractivity contribution is 0.601. The second-order valence-electron chi connectivity index (χ2n) is 4.19. The fourth-order valence-corrected chi connectivity index (χ4v) is 4.25. The molecule has 4 nitrogen and oxygen atoms in total. The summed E-state index contributed by atoms with van der Waals surface area (Å²) in [6.45, 7) is 0.252. The molecule has 0 aliphatic carbocycles. The lowest BCUT2D eigenvalue weighted by atomic mass is 10.2. The van der Waals surface area contributed by atoms with Crippen LogP contribution < -0.4 is 10.5 Å². The molecular weight excluding hydrogens is 446 g/mol. The highest BCUT2D eigenvalue weighted by atomic mass is 127. The van der Waals surface area contributed by atoms with Crippen LogP contribution in [0.3, 0.4) is 0 Å². The number of benzene rings is 2. The summed E-state index contributed by atoms with van der Waals surface area (Å²) in [5.41, 5.74) is 6.65. The highest BCUT2D eigenvalue weighted by Gasteiger charge is 2.17. The van der Waals surface area contributed by atoms with Crippen LogP contribution in [0.5, 0.6) is 0 Å². The van der Waals surface area contributed by atoms with Gasteiger partial charge in [-0.1, -0.05) is 29.3 Å². The zero-order valence-electron chi connectivity index (χ0n) is 10.6. The summed E-state index contributed by atoms with van der Waals surface area (Å²) in [7, 11) is -3.72. The first-order valence-corrected chi connectivity index (χ1v) is 9.11. The van der Waals surface area contributed by atoms with Gasteiger partial charge in [0.15, 0.2) is 0 Å². The van der Waals surface area contributed by atoms with Crippen LogP contribution in [0.25, 0.3) is 0 Å². The van der Waals surface area contributed by atoms with Gasteiger partial charge < -0.3 is 5.73 Å². The van der Waals surface area contributed by atoms with Gasteiger partial charge >= 0.3 is 0 Å². The predicted octanol–water partition coefficient (Wildman–Crippen LogP) is 3.86. The van der Waals surface area contributed by atoms with Crippen molar-refractivity contribution in [2.45, 2.75) is 11.4 Å². The molecule has 21 heavy (non-hydrogen) atoms. The molecule has 0 aromatic heterocycles. The highest BCUT2D eigenvalue weighted by molar-refractivity contribution is 14.1. The Hall–Kier alpha value is -0.540. The Labute approximate surface area is 146 Å². The van der Waals surface area contributed by atoms with Gasteiger partial charge in [-0.2, -0.15) is 0 Å². The molecule has 0 aliphatic heterocycles. The zero-order valence-corrected chi connectivity index (χ0v) is 15.1. The molecule has 0 aliphatic rings. The van der Waals surface area contributed by atoms with E-state index in [1.54, 1.807) is 24.3 Å². The molecule has 0 amide bonds. The third-order valence-electron chi connectivity index (χ3n) is 2.73. The molecule has 8 heteroatoms. The van der Waals surface area contributed by atoms with Crippen LogP contribution in [0, 0.1) is 3.57 Å². The maximum atomic E-state index is 12.4. The van der Waals surface area contributed by atoms with E-state index >= 15 is 0 Å². The minimum absolute atomic E-state index is 0.0791. The molecule has 0 spiro atoms. The van der Waals surface area contributed by atoms with E-state index in [4.69, 9.17) is 28.9 Å². The molecule has 0 saturated heterocycles. The van der Waals surface area contributed by atoms with E-state index in [1.165, 1.54) is 12.1 Å². The average molecular weight is 457 g/mol. The Morgan fingerprint density at radius 1 is 1.14 bits per heavy atom. The zero-order chi connectivity index (χ0) is 15.6. The van der Waals surface area contributed by atoms with Gasteiger partial charge in [0, 0.05) is 20.2 Å². The minimum atomic E-state index is -3.72. The highest BCUT2D eigenvalue weighted by Crippen LogP contribution is 2.26. The average Bonchev–Trinajstić information content (AvgIpc) is 2.42. The van der Waals surface area contributed by atoms with E-state index in [0.29, 0.717) is 24.9 Å². The lowest BCUT2D eigenvalue weighted by Crippen LogP contribution is -2.14. The molecule has 0 atom stereocenters. The molecule has 3 N–H and O–H groups in total. The smallest absolute Gasteiger partial charge is 0.261 e. The molecule has 0 heterocycles. The van der Waals surface area contributed by atoms with Crippen molar-refractivity contribution < 1.29 is 8.42 Å². The fraction of sp³-hybridized carbons (Fsp3) is 0.0769. The van der Waals surface area contributed by atoms with Crippen LogP contribution in [0.4, 0.5) is 5.69 Å². The molecule has 2 rings (SSSR count). The largest absolute Gasteiger partial charge is 0.326 e. The number of sulfonamides is 1. The van der Waals surface area contributed by atoms with Crippen molar-refractivity contribution >= 4 is 61.5 Å². The quantitative estimate of drug-likeness (QED) is 0.686. The Balaban J connectivity index is 2.36. The van der Waals surface area contributed by atoms with Crippen molar-refractivity contribution in [3.8, 4) is 0 Å². The topological polar surface area (TPSA) is 72.2 Å². The van der Waals surface area contributed by atoms with Crippen LogP contribution >= 0.6 is 45.8 Å². The predicted molar refractivity (Wildman–Crippen MR) is 94.3 cm³/mol. The summed E-state index contributed by atoms with van der Waals surface area (Å²) < 4.78 is 27.9. The van der Waals surface area contributed by atoms with Crippen molar-refractivity contribution in [1.82, 2.24) is 0 Å². The number of nitrogens with one attached hydrogen (secondary N) is 1. The third-order valence-corrected chi connectivity index (χ3v) is 5.57. The first-order chi connectivity index (χ1) is 9.83. The first kappa shape index (κ1) is 16.8. The van der Waals surface area contributed by atoms with Gasteiger partial charge in [0.25, 0.3) is 10.0 Å². The summed E-state index contributed by atoms with van der Waals surface area (Å²) in [6, 6.07) is 9.35. The summed E-state index contributed by atoms with van der Waals surface area (Å²) in [5.74, 6) is 0. The van der Waals surface area contributed by atoms with Crippen molar-refractivity contribution in [3.63, 3.8) is 0 Å². The lowest BCUT2D eigenvalue weighted by Gasteiger charge is -2.11. The van der Waals surface area contributed by atoms with Crippen molar-refractivity contribution in [3.05, 3.63) is 55.6 Å². The molecule has 2 aromatic rings. The normalized spacial score (nSPS) is 11.4. The van der Waals surface area contributed by atoms with E-state index in [-0.39, 0.29) is 11.4 Å². The summed E-state index contributed by atoms with van der Waals surface area (Å²) in [5, 5.41) is 0.865. The Morgan fingerprint density at radius 3 is 2.43 bits per heavy atom. The van der Waals surface area contributed by atoms with Crippen molar-refractivity contribution in [2.75, 3.05) is 4.72 Å². The molecule has 0 radical (unpaired) electrons. The monoisotopic (exact) mass is 456 g/mol. The molecule has 112 valence electrons. The van der Waals surface area contributed by atoms with Crippen LogP contribution in [0.15, 0.2) is 41.3 Å². The Morgan fingerprint density at radius 2 is 1.86 bits per heavy atom. The van der Waals surface area contributed by atoms with Crippen LogP contribution in [-0.2, 0) is 16.6 Å². The van der Waals surface area contributed by atoms with Gasteiger partial charge in [-0.15, -0.1) is 0 Å². The van der Waals surface area contributed by atoms with Crippen LogP contribution in [0.1, 0.15) is 5.56 Å². The van der Waals surface area contributed by atoms with E-state index in [2.05, 4.69) is 4.72 Å². The van der Waals surface area contributed by atoms with E-state index in [1.807, 2.05) is 22.6 Å². The van der Waals surface area contributed by atoms with Crippen LogP contribution in [0.2, 0.25) is 10.0 Å². The maximum Gasteiger partial charge on any atom is 0.261 e. The standard InChI is InChI=1S/C13H11Cl2IN2O2S/c14-9-2-4-13(12(16)5-9)18-21(19,20)10-3-1-8(7-17)11(15)6-10/h1-6,18H,7,17H2. The minimum Gasteiger partial charge on any atom is -0.326 e. The number of rotatable bonds is 4. The SMILES string of the molecule is NCc1ccc(S(=O)(=O)Nc2ccc(Cl)cc2I)cc1Cl. The van der Waals surface area contributed by atoms with E-state index in [0.717, 1.165) is 0 Å². The van der Waals surface area contributed by atoms with Gasteiger partial charge in [0.1, 0.15) is 0 Å². The molecule has 0 saturated carbocycles. The van der Waals surface area contributed by atoms with Crippen molar-refractivity contribution in [1.29, 1.82) is 0 Å². The second-order valence-corrected chi connectivity index (χ2v) is 7.88. The van der Waals surface area contributed by atoms with Gasteiger partial charge in [-0.25, -0.2) is 8.42 Å². The molecule has 0 unspecified atom stereocenters. The third kappa shape index (κ3) is 4.01. The number of nitrogens with two attached hydrogens (primary N) is 1. The molecule has 0 fully saturated rings. The summed E-state index contributed by atoms with van der Waals surface area (Å²) in [6.07, 6.45) is 0. The first-order valence-electron chi connectivity index (χ1n) is 5.80. The van der Waals surface area contributed by atoms with Crippen LogP contribution in [-0.4, -0.2) is 8.42 Å². The molecular formula is C13H11Cl2IN2O2S. The number of hydrogen-bond donors (Lipinski definition) is 2. The molecule has 0 bridgehead atoms. The van der Waals surface area contributed by atoms with E-state index < -0.39 is 10.0 Å². The summed E-state index contributed by atoms with van der Waals surface area (Å²) >= 11 is 13.9. The Kier molecular flexibility index (Phi) is 5.37. The number of hydrogen-bond acceptors (Lipinski definition) is 3. The Bertz CT molecular complexity index is 782. The number of anilines is 1.